The number of fused-ring (bicyclic) bond motifs is 1. The van der Waals surface area contributed by atoms with Crippen LogP contribution in [0, 0.1) is 22.7 Å². The van der Waals surface area contributed by atoms with E-state index < -0.39 is 0 Å². The smallest absolute Gasteiger partial charge is 0.129 e. The molecule has 0 amide bonds. The fourth-order valence-electron chi connectivity index (χ4n) is 2.59. The van der Waals surface area contributed by atoms with Gasteiger partial charge in [-0.25, -0.2) is 0 Å². The maximum Gasteiger partial charge on any atom is 0.129 e. The number of rotatable bonds is 6. The number of hydrogen-bond donors (Lipinski definition) is 0. The summed E-state index contributed by atoms with van der Waals surface area (Å²) < 4.78 is 0. The van der Waals surface area contributed by atoms with Crippen LogP contribution in [0.2, 0.25) is 0 Å². The quantitative estimate of drug-likeness (QED) is 0.554. The highest BCUT2D eigenvalue weighted by Gasteiger charge is 2.10. The molecule has 0 N–H and O–H groups in total. The molecule has 0 atom stereocenters. The van der Waals surface area contributed by atoms with Crippen molar-refractivity contribution in [1.82, 2.24) is 4.90 Å². The van der Waals surface area contributed by atoms with Gasteiger partial charge in [0, 0.05) is 13.1 Å². The predicted octanol–water partition coefficient (Wildman–Crippen LogP) is 5.00. The summed E-state index contributed by atoms with van der Waals surface area (Å²) in [5.41, 5.74) is 4.45. The Bertz CT molecular complexity index is 839. The van der Waals surface area contributed by atoms with Gasteiger partial charge in [-0.1, -0.05) is 48.5 Å². The summed E-state index contributed by atoms with van der Waals surface area (Å²) in [4.78, 5) is 2.19. The Morgan fingerprint density at radius 1 is 0.960 bits per heavy atom. The van der Waals surface area contributed by atoms with E-state index in [9.17, 15) is 0 Å². The summed E-state index contributed by atoms with van der Waals surface area (Å²) in [6.45, 7) is 6.07. The van der Waals surface area contributed by atoms with E-state index in [0.717, 1.165) is 35.4 Å². The zero-order valence-corrected chi connectivity index (χ0v) is 14.6. The Kier molecular flexibility index (Phi) is 6.57. The molecule has 0 aliphatic heterocycles. The predicted molar refractivity (Wildman–Crippen MR) is 102 cm³/mol. The molecular weight excluding hydrogens is 306 g/mol. The van der Waals surface area contributed by atoms with E-state index >= 15 is 0 Å². The van der Waals surface area contributed by atoms with Gasteiger partial charge in [-0.05, 0) is 54.5 Å². The first kappa shape index (κ1) is 18.0. The van der Waals surface area contributed by atoms with Gasteiger partial charge < -0.3 is 4.90 Å². The second kappa shape index (κ2) is 9.11. The molecule has 25 heavy (non-hydrogen) atoms. The van der Waals surface area contributed by atoms with Crippen LogP contribution in [0.4, 0.5) is 0 Å². The van der Waals surface area contributed by atoms with Crippen LogP contribution in [-0.4, -0.2) is 18.0 Å². The summed E-state index contributed by atoms with van der Waals surface area (Å²) in [5, 5.41) is 17.9. The highest BCUT2D eigenvalue weighted by molar-refractivity contribution is 5.88. The van der Waals surface area contributed by atoms with Gasteiger partial charge in [0.2, 0.25) is 0 Å². The minimum atomic E-state index is 0.0927. The number of allylic oxidation sites excluding steroid dienone is 5. The minimum Gasteiger partial charge on any atom is -0.378 e. The molecule has 2 aliphatic carbocycles. The molecule has 0 radical (unpaired) electrons. The third-order valence-electron chi connectivity index (χ3n) is 4.05. The normalized spacial score (nSPS) is 11.1. The Labute approximate surface area is 149 Å². The molecule has 2 rings (SSSR count). The standard InChI is InChI=1S/C22H21N3/c1-3-25(4-2)15-14-20(11-10-18(16-23)17-24)22-13-12-19-8-6-5-7-9-21(19)22/h5-15H,3-4H2,1-2H3/b15-14+,20-11+. The topological polar surface area (TPSA) is 50.8 Å². The van der Waals surface area contributed by atoms with Gasteiger partial charge in [-0.15, -0.1) is 0 Å². The molecule has 0 unspecified atom stereocenters. The zero-order valence-electron chi connectivity index (χ0n) is 14.6. The molecular formula is C22H21N3. The molecule has 0 aromatic carbocycles. The average molecular weight is 327 g/mol. The molecule has 3 nitrogen and oxygen atoms in total. The van der Waals surface area contributed by atoms with Crippen LogP contribution >= 0.6 is 0 Å². The zero-order chi connectivity index (χ0) is 18.1. The van der Waals surface area contributed by atoms with Gasteiger partial charge in [0.15, 0.2) is 0 Å². The van der Waals surface area contributed by atoms with Crippen molar-refractivity contribution in [2.24, 2.45) is 0 Å². The van der Waals surface area contributed by atoms with Crippen molar-refractivity contribution >= 4 is 5.57 Å². The van der Waals surface area contributed by atoms with E-state index in [2.05, 4.69) is 49.2 Å². The maximum absolute atomic E-state index is 8.97. The molecule has 3 heteroatoms. The van der Waals surface area contributed by atoms with Crippen molar-refractivity contribution in [3.05, 3.63) is 78.0 Å². The van der Waals surface area contributed by atoms with Gasteiger partial charge in [-0.3, -0.25) is 0 Å². The van der Waals surface area contributed by atoms with E-state index in [4.69, 9.17) is 10.5 Å². The Balaban J connectivity index is 2.52. The van der Waals surface area contributed by atoms with Crippen molar-refractivity contribution in [2.45, 2.75) is 13.8 Å². The van der Waals surface area contributed by atoms with Crippen LogP contribution < -0.4 is 0 Å². The summed E-state index contributed by atoms with van der Waals surface area (Å²) >= 11 is 0. The molecule has 2 aliphatic rings. The van der Waals surface area contributed by atoms with Crippen LogP contribution in [0.5, 0.6) is 0 Å². The molecule has 0 saturated carbocycles. The van der Waals surface area contributed by atoms with Crippen LogP contribution in [0.15, 0.2) is 72.5 Å². The summed E-state index contributed by atoms with van der Waals surface area (Å²) in [6.07, 6.45) is 7.50. The first-order chi connectivity index (χ1) is 12.2. The van der Waals surface area contributed by atoms with E-state index in [1.165, 1.54) is 0 Å². The lowest BCUT2D eigenvalue weighted by atomic mass is 10.0. The number of nitriles is 2. The second-order valence-corrected chi connectivity index (χ2v) is 5.49. The lowest BCUT2D eigenvalue weighted by Crippen LogP contribution is -2.15. The molecule has 0 heterocycles. The van der Waals surface area contributed by atoms with E-state index in [1.54, 1.807) is 6.08 Å². The van der Waals surface area contributed by atoms with Crippen molar-refractivity contribution in [1.29, 1.82) is 10.5 Å². The number of nitrogens with zero attached hydrogens (tertiary/aromatic N) is 3. The SMILES string of the molecule is CCN(/C=C/C(=C\C=C(C#N)C#N)c1ccc2cccccc1-2)CC. The summed E-state index contributed by atoms with van der Waals surface area (Å²) in [7, 11) is 0. The minimum absolute atomic E-state index is 0.0927. The third-order valence-corrected chi connectivity index (χ3v) is 4.05. The fourth-order valence-corrected chi connectivity index (χ4v) is 2.59. The van der Waals surface area contributed by atoms with Gasteiger partial charge in [0.25, 0.3) is 0 Å². The number of hydrogen-bond acceptors (Lipinski definition) is 3. The lowest BCUT2D eigenvalue weighted by Gasteiger charge is -2.15. The van der Waals surface area contributed by atoms with Crippen molar-refractivity contribution < 1.29 is 0 Å². The van der Waals surface area contributed by atoms with Gasteiger partial charge in [-0.2, -0.15) is 10.5 Å². The van der Waals surface area contributed by atoms with Crippen molar-refractivity contribution in [2.75, 3.05) is 13.1 Å². The molecule has 0 spiro atoms. The molecule has 124 valence electrons. The van der Waals surface area contributed by atoms with E-state index in [1.807, 2.05) is 42.5 Å². The largest absolute Gasteiger partial charge is 0.378 e. The van der Waals surface area contributed by atoms with Crippen LogP contribution in [0.1, 0.15) is 19.4 Å². The highest BCUT2D eigenvalue weighted by atomic mass is 15.1. The molecule has 0 bridgehead atoms. The van der Waals surface area contributed by atoms with Crippen LogP contribution in [0.3, 0.4) is 0 Å². The second-order valence-electron chi connectivity index (χ2n) is 5.49. The van der Waals surface area contributed by atoms with Crippen LogP contribution in [0.25, 0.3) is 16.7 Å². The molecule has 0 saturated heterocycles. The molecule has 0 aromatic heterocycles. The first-order valence-electron chi connectivity index (χ1n) is 8.36. The van der Waals surface area contributed by atoms with E-state index in [-0.39, 0.29) is 5.57 Å². The fraction of sp³-hybridized carbons (Fsp3) is 0.182. The Morgan fingerprint density at radius 3 is 2.36 bits per heavy atom. The molecule has 0 fully saturated rings. The third kappa shape index (κ3) is 4.59. The van der Waals surface area contributed by atoms with Crippen molar-refractivity contribution in [3.63, 3.8) is 0 Å². The van der Waals surface area contributed by atoms with Crippen molar-refractivity contribution in [3.8, 4) is 23.3 Å². The maximum atomic E-state index is 8.97. The average Bonchev–Trinajstić information content (AvgIpc) is 2.89. The van der Waals surface area contributed by atoms with Gasteiger partial charge in [0.05, 0.1) is 0 Å². The van der Waals surface area contributed by atoms with Gasteiger partial charge in [0.1, 0.15) is 17.7 Å². The summed E-state index contributed by atoms with van der Waals surface area (Å²) in [6, 6.07) is 18.2. The monoisotopic (exact) mass is 327 g/mol. The Hall–Kier alpha value is -3.30. The van der Waals surface area contributed by atoms with Crippen LogP contribution in [-0.2, 0) is 0 Å². The van der Waals surface area contributed by atoms with Gasteiger partial charge >= 0.3 is 0 Å². The molecule has 0 aromatic rings. The lowest BCUT2D eigenvalue weighted by molar-refractivity contribution is 0.419. The first-order valence-corrected chi connectivity index (χ1v) is 8.36. The van der Waals surface area contributed by atoms with E-state index in [0.29, 0.717) is 0 Å². The summed E-state index contributed by atoms with van der Waals surface area (Å²) in [5.74, 6) is 0. The Morgan fingerprint density at radius 2 is 1.68 bits per heavy atom. The highest BCUT2D eigenvalue weighted by Crippen LogP contribution is 2.32.